The van der Waals surface area contributed by atoms with E-state index in [0.717, 1.165) is 70.6 Å². The van der Waals surface area contributed by atoms with Crippen LogP contribution >= 0.6 is 0 Å². The Morgan fingerprint density at radius 2 is 1.71 bits per heavy atom. The van der Waals surface area contributed by atoms with Gasteiger partial charge in [0, 0.05) is 51.4 Å². The van der Waals surface area contributed by atoms with E-state index in [1.54, 1.807) is 7.11 Å². The number of nitrogens with one attached hydrogen (secondary N) is 2. The van der Waals surface area contributed by atoms with E-state index < -0.39 is 0 Å². The number of hydrogen-bond donors (Lipinski definition) is 2. The summed E-state index contributed by atoms with van der Waals surface area (Å²) < 4.78 is 5.67. The largest absolute Gasteiger partial charge is 0.496 e. The molecule has 0 amide bonds. The van der Waals surface area contributed by atoms with Crippen molar-refractivity contribution in [1.29, 1.82) is 0 Å². The molecule has 31 heavy (non-hydrogen) atoms. The first-order chi connectivity index (χ1) is 15.2. The quantitative estimate of drug-likeness (QED) is 0.438. The van der Waals surface area contributed by atoms with E-state index in [0.29, 0.717) is 0 Å². The van der Waals surface area contributed by atoms with Gasteiger partial charge in [0.1, 0.15) is 5.75 Å². The van der Waals surface area contributed by atoms with Gasteiger partial charge < -0.3 is 20.3 Å². The van der Waals surface area contributed by atoms with E-state index in [9.17, 15) is 0 Å². The molecular formula is C24H42N6O. The van der Waals surface area contributed by atoms with Crippen molar-refractivity contribution >= 4 is 5.96 Å². The lowest BCUT2D eigenvalue weighted by atomic mass is 10.0. The minimum absolute atomic E-state index is 0.247. The van der Waals surface area contributed by atoms with Gasteiger partial charge in [0.15, 0.2) is 5.96 Å². The number of para-hydroxylation sites is 1. The Balaban J connectivity index is 1.59. The predicted molar refractivity (Wildman–Crippen MR) is 129 cm³/mol. The third-order valence-electron chi connectivity index (χ3n) is 6.48. The zero-order valence-corrected chi connectivity index (χ0v) is 19.8. The molecule has 2 fully saturated rings. The number of benzene rings is 1. The fourth-order valence-corrected chi connectivity index (χ4v) is 4.59. The van der Waals surface area contributed by atoms with Crippen LogP contribution in [-0.2, 0) is 0 Å². The molecule has 0 bridgehead atoms. The Kier molecular flexibility index (Phi) is 9.90. The fraction of sp³-hybridized carbons (Fsp3) is 0.708. The molecule has 2 aliphatic rings. The number of hydrogen-bond acceptors (Lipinski definition) is 5. The van der Waals surface area contributed by atoms with Crippen LogP contribution < -0.4 is 15.4 Å². The Morgan fingerprint density at radius 1 is 1.00 bits per heavy atom. The highest BCUT2D eigenvalue weighted by molar-refractivity contribution is 5.79. The summed E-state index contributed by atoms with van der Waals surface area (Å²) >= 11 is 0. The monoisotopic (exact) mass is 430 g/mol. The first-order valence-electron chi connectivity index (χ1n) is 12.1. The van der Waals surface area contributed by atoms with Crippen LogP contribution in [0.1, 0.15) is 38.3 Å². The standard InChI is InChI=1S/C24H42N6O/c1-4-25-24(26-12-15-29-18-16-28(5-2)17-19-29)27-20-22(30-13-8-9-14-30)21-10-6-7-11-23(21)31-3/h6-7,10-11,22H,4-5,8-9,12-20H2,1-3H3,(H2,25,26,27). The zero-order valence-electron chi connectivity index (χ0n) is 19.8. The molecule has 3 rings (SSSR count). The van der Waals surface area contributed by atoms with Crippen LogP contribution in [0.4, 0.5) is 0 Å². The average molecular weight is 431 g/mol. The van der Waals surface area contributed by atoms with Crippen molar-refractivity contribution in [1.82, 2.24) is 25.3 Å². The molecule has 174 valence electrons. The van der Waals surface area contributed by atoms with Crippen molar-refractivity contribution in [2.75, 3.05) is 79.1 Å². The first kappa shape index (κ1) is 23.8. The van der Waals surface area contributed by atoms with Crippen LogP contribution in [0.2, 0.25) is 0 Å². The normalized spacial score (nSPS) is 20.0. The maximum atomic E-state index is 5.67. The number of ether oxygens (including phenoxy) is 1. The summed E-state index contributed by atoms with van der Waals surface area (Å²) in [4.78, 5) is 12.6. The second-order valence-corrected chi connectivity index (χ2v) is 8.42. The predicted octanol–water partition coefficient (Wildman–Crippen LogP) is 2.02. The maximum absolute atomic E-state index is 5.67. The van der Waals surface area contributed by atoms with Crippen LogP contribution in [0, 0.1) is 0 Å². The van der Waals surface area contributed by atoms with Gasteiger partial charge in [-0.05, 0) is 45.5 Å². The van der Waals surface area contributed by atoms with E-state index >= 15 is 0 Å². The minimum Gasteiger partial charge on any atom is -0.496 e. The number of aliphatic imine (C=N–C) groups is 1. The Morgan fingerprint density at radius 3 is 2.39 bits per heavy atom. The molecule has 0 aromatic heterocycles. The van der Waals surface area contributed by atoms with Crippen molar-refractivity contribution in [2.24, 2.45) is 4.99 Å². The molecule has 2 heterocycles. The minimum atomic E-state index is 0.247. The van der Waals surface area contributed by atoms with Crippen molar-refractivity contribution in [3.63, 3.8) is 0 Å². The molecule has 0 saturated carbocycles. The van der Waals surface area contributed by atoms with E-state index in [1.807, 2.05) is 6.07 Å². The summed E-state index contributed by atoms with van der Waals surface area (Å²) in [5, 5.41) is 6.98. The van der Waals surface area contributed by atoms with Gasteiger partial charge in [0.2, 0.25) is 0 Å². The average Bonchev–Trinajstić information content (AvgIpc) is 3.34. The maximum Gasteiger partial charge on any atom is 0.191 e. The SMILES string of the molecule is CCNC(=NCC(c1ccccc1OC)N1CCCC1)NCCN1CCN(CC)CC1. The molecule has 0 radical (unpaired) electrons. The molecule has 2 N–H and O–H groups in total. The second kappa shape index (κ2) is 12.9. The number of guanidine groups is 1. The lowest BCUT2D eigenvalue weighted by Gasteiger charge is -2.34. The molecule has 1 unspecified atom stereocenters. The van der Waals surface area contributed by atoms with Crippen molar-refractivity contribution < 1.29 is 4.74 Å². The zero-order chi connectivity index (χ0) is 21.9. The van der Waals surface area contributed by atoms with Crippen LogP contribution in [-0.4, -0.2) is 99.8 Å². The molecule has 2 saturated heterocycles. The van der Waals surface area contributed by atoms with E-state index in [2.05, 4.69) is 57.4 Å². The topological polar surface area (TPSA) is 55.4 Å². The van der Waals surface area contributed by atoms with Crippen LogP contribution in [0.3, 0.4) is 0 Å². The Bertz CT molecular complexity index is 668. The van der Waals surface area contributed by atoms with Gasteiger partial charge in [-0.25, -0.2) is 0 Å². The fourth-order valence-electron chi connectivity index (χ4n) is 4.59. The smallest absolute Gasteiger partial charge is 0.191 e. The van der Waals surface area contributed by atoms with Gasteiger partial charge in [0.05, 0.1) is 19.7 Å². The second-order valence-electron chi connectivity index (χ2n) is 8.42. The Hall–Kier alpha value is -1.83. The summed E-state index contributed by atoms with van der Waals surface area (Å²) in [6, 6.07) is 8.64. The Labute approximate surface area is 188 Å². The summed E-state index contributed by atoms with van der Waals surface area (Å²) in [6.45, 7) is 16.0. The van der Waals surface area contributed by atoms with Crippen LogP contribution in [0.5, 0.6) is 5.75 Å². The molecule has 2 aliphatic heterocycles. The molecular weight excluding hydrogens is 388 g/mol. The molecule has 1 aromatic rings. The van der Waals surface area contributed by atoms with Crippen molar-refractivity contribution in [2.45, 2.75) is 32.7 Å². The molecule has 1 atom stereocenters. The van der Waals surface area contributed by atoms with Gasteiger partial charge >= 0.3 is 0 Å². The first-order valence-corrected chi connectivity index (χ1v) is 12.1. The van der Waals surface area contributed by atoms with Gasteiger partial charge in [-0.2, -0.15) is 0 Å². The van der Waals surface area contributed by atoms with Gasteiger partial charge in [-0.1, -0.05) is 25.1 Å². The van der Waals surface area contributed by atoms with Crippen molar-refractivity contribution in [3.8, 4) is 5.75 Å². The summed E-state index contributed by atoms with van der Waals surface area (Å²) in [7, 11) is 1.76. The number of likely N-dealkylation sites (N-methyl/N-ethyl adjacent to an activating group) is 1. The van der Waals surface area contributed by atoms with E-state index in [-0.39, 0.29) is 6.04 Å². The van der Waals surface area contributed by atoms with Gasteiger partial charge in [0.25, 0.3) is 0 Å². The number of rotatable bonds is 10. The van der Waals surface area contributed by atoms with E-state index in [4.69, 9.17) is 9.73 Å². The van der Waals surface area contributed by atoms with Crippen molar-refractivity contribution in [3.05, 3.63) is 29.8 Å². The summed E-state index contributed by atoms with van der Waals surface area (Å²) in [6.07, 6.45) is 2.53. The molecule has 1 aromatic carbocycles. The third-order valence-corrected chi connectivity index (χ3v) is 6.48. The molecule has 0 aliphatic carbocycles. The van der Waals surface area contributed by atoms with Crippen LogP contribution in [0.15, 0.2) is 29.3 Å². The van der Waals surface area contributed by atoms with Gasteiger partial charge in [-0.3, -0.25) is 14.8 Å². The number of piperazine rings is 1. The number of nitrogens with zero attached hydrogens (tertiary/aromatic N) is 4. The lowest BCUT2D eigenvalue weighted by Crippen LogP contribution is -2.49. The molecule has 0 spiro atoms. The third kappa shape index (κ3) is 7.09. The highest BCUT2D eigenvalue weighted by Gasteiger charge is 2.25. The highest BCUT2D eigenvalue weighted by Crippen LogP contribution is 2.31. The molecule has 7 nitrogen and oxygen atoms in total. The molecule has 7 heteroatoms. The summed E-state index contributed by atoms with van der Waals surface area (Å²) in [5.41, 5.74) is 1.24. The number of likely N-dealkylation sites (tertiary alicyclic amines) is 1. The highest BCUT2D eigenvalue weighted by atomic mass is 16.5. The number of methoxy groups -OCH3 is 1. The summed E-state index contributed by atoms with van der Waals surface area (Å²) in [5.74, 6) is 1.87. The van der Waals surface area contributed by atoms with Crippen LogP contribution in [0.25, 0.3) is 0 Å². The lowest BCUT2D eigenvalue weighted by molar-refractivity contribution is 0.139. The van der Waals surface area contributed by atoms with E-state index in [1.165, 1.54) is 31.5 Å². The van der Waals surface area contributed by atoms with Gasteiger partial charge in [-0.15, -0.1) is 0 Å².